The van der Waals surface area contributed by atoms with Crippen LogP contribution in [0.5, 0.6) is 0 Å². The maximum Gasteiger partial charge on any atom is 0.154 e. The normalized spacial score (nSPS) is 26.7. The van der Waals surface area contributed by atoms with Gasteiger partial charge in [-0.3, -0.25) is 5.10 Å². The molecule has 1 saturated carbocycles. The lowest BCUT2D eigenvalue weighted by molar-refractivity contribution is 0.848. The van der Waals surface area contributed by atoms with Gasteiger partial charge >= 0.3 is 0 Å². The largest absolute Gasteiger partial charge is 0.262 e. The van der Waals surface area contributed by atoms with Crippen LogP contribution in [0.4, 0.5) is 0 Å². The molecule has 1 aromatic rings. The molecule has 0 aliphatic heterocycles. The van der Waals surface area contributed by atoms with Gasteiger partial charge in [-0.05, 0) is 12.3 Å². The van der Waals surface area contributed by atoms with Crippen LogP contribution in [0.1, 0.15) is 30.9 Å². The molecule has 1 fully saturated rings. The summed E-state index contributed by atoms with van der Waals surface area (Å²) in [6, 6.07) is 2.03. The lowest BCUT2D eigenvalue weighted by atomic mass is 10.3. The highest BCUT2D eigenvalue weighted by Gasteiger charge is 2.37. The Balaban J connectivity index is 2.10. The van der Waals surface area contributed by atoms with Crippen molar-refractivity contribution in [3.8, 4) is 6.07 Å². The SMILES string of the molecule is CC1CC1c1n[nH]c(CC#N)n1. The molecule has 2 unspecified atom stereocenters. The molecule has 2 rings (SSSR count). The number of aromatic nitrogens is 3. The zero-order valence-electron chi connectivity index (χ0n) is 6.91. The van der Waals surface area contributed by atoms with Gasteiger partial charge in [-0.25, -0.2) is 4.98 Å². The fourth-order valence-electron chi connectivity index (χ4n) is 1.31. The van der Waals surface area contributed by atoms with Gasteiger partial charge in [0.25, 0.3) is 0 Å². The Morgan fingerprint density at radius 3 is 3.08 bits per heavy atom. The van der Waals surface area contributed by atoms with Crippen LogP contribution < -0.4 is 0 Å². The topological polar surface area (TPSA) is 65.4 Å². The van der Waals surface area contributed by atoms with Gasteiger partial charge in [0.2, 0.25) is 0 Å². The number of hydrogen-bond acceptors (Lipinski definition) is 3. The van der Waals surface area contributed by atoms with Crippen LogP contribution in [0.15, 0.2) is 0 Å². The first-order chi connectivity index (χ1) is 5.81. The third kappa shape index (κ3) is 1.18. The Kier molecular flexibility index (Phi) is 1.58. The summed E-state index contributed by atoms with van der Waals surface area (Å²) in [5, 5.41) is 15.2. The number of H-pyrrole nitrogens is 1. The van der Waals surface area contributed by atoms with Crippen LogP contribution in [0.2, 0.25) is 0 Å². The van der Waals surface area contributed by atoms with Gasteiger partial charge in [-0.1, -0.05) is 6.92 Å². The third-order valence-corrected chi connectivity index (χ3v) is 2.24. The van der Waals surface area contributed by atoms with Crippen molar-refractivity contribution >= 4 is 0 Å². The van der Waals surface area contributed by atoms with Crippen LogP contribution in [-0.4, -0.2) is 15.2 Å². The highest BCUT2D eigenvalue weighted by molar-refractivity contribution is 5.09. The molecule has 62 valence electrons. The molecular formula is C8H10N4. The molecule has 12 heavy (non-hydrogen) atoms. The molecule has 1 aromatic heterocycles. The van der Waals surface area contributed by atoms with E-state index >= 15 is 0 Å². The molecule has 1 N–H and O–H groups in total. The van der Waals surface area contributed by atoms with E-state index in [0.717, 1.165) is 11.7 Å². The van der Waals surface area contributed by atoms with E-state index in [9.17, 15) is 0 Å². The highest BCUT2D eigenvalue weighted by atomic mass is 15.2. The van der Waals surface area contributed by atoms with Gasteiger partial charge in [0.1, 0.15) is 5.82 Å². The van der Waals surface area contributed by atoms with Crippen LogP contribution in [0.3, 0.4) is 0 Å². The summed E-state index contributed by atoms with van der Waals surface area (Å²) in [7, 11) is 0. The van der Waals surface area contributed by atoms with Gasteiger partial charge < -0.3 is 0 Å². The van der Waals surface area contributed by atoms with Crippen molar-refractivity contribution in [1.82, 2.24) is 15.2 Å². The van der Waals surface area contributed by atoms with E-state index in [1.165, 1.54) is 6.42 Å². The lowest BCUT2D eigenvalue weighted by Crippen LogP contribution is -1.85. The quantitative estimate of drug-likeness (QED) is 0.705. The number of nitriles is 1. The first-order valence-electron chi connectivity index (χ1n) is 4.09. The first-order valence-corrected chi connectivity index (χ1v) is 4.09. The minimum atomic E-state index is 0.327. The number of nitrogens with one attached hydrogen (secondary N) is 1. The van der Waals surface area contributed by atoms with Crippen molar-refractivity contribution in [2.75, 3.05) is 0 Å². The van der Waals surface area contributed by atoms with Crippen LogP contribution in [0.25, 0.3) is 0 Å². The predicted octanol–water partition coefficient (Wildman–Crippen LogP) is 0.994. The summed E-state index contributed by atoms with van der Waals surface area (Å²) in [4.78, 5) is 4.22. The summed E-state index contributed by atoms with van der Waals surface area (Å²) in [6.07, 6.45) is 1.51. The molecule has 0 bridgehead atoms. The molecule has 0 radical (unpaired) electrons. The van der Waals surface area contributed by atoms with E-state index in [1.807, 2.05) is 6.07 Å². The van der Waals surface area contributed by atoms with Crippen molar-refractivity contribution in [2.45, 2.75) is 25.7 Å². The average Bonchev–Trinajstić information content (AvgIpc) is 2.62. The van der Waals surface area contributed by atoms with Crippen molar-refractivity contribution in [3.05, 3.63) is 11.6 Å². The van der Waals surface area contributed by atoms with E-state index in [4.69, 9.17) is 5.26 Å². The maximum absolute atomic E-state index is 8.40. The van der Waals surface area contributed by atoms with E-state index in [2.05, 4.69) is 22.1 Å². The summed E-state index contributed by atoms with van der Waals surface area (Å²) in [6.45, 7) is 2.19. The standard InChI is InChI=1S/C8H10N4/c1-5-4-6(5)8-10-7(2-3-9)11-12-8/h5-6H,2,4H2,1H3,(H,10,11,12). The molecule has 1 aliphatic carbocycles. The van der Waals surface area contributed by atoms with Gasteiger partial charge in [0, 0.05) is 5.92 Å². The van der Waals surface area contributed by atoms with Crippen LogP contribution >= 0.6 is 0 Å². The molecule has 2 atom stereocenters. The Hall–Kier alpha value is -1.37. The maximum atomic E-state index is 8.40. The predicted molar refractivity (Wildman–Crippen MR) is 42.2 cm³/mol. The van der Waals surface area contributed by atoms with Crippen molar-refractivity contribution in [3.63, 3.8) is 0 Å². The third-order valence-electron chi connectivity index (χ3n) is 2.24. The van der Waals surface area contributed by atoms with Crippen LogP contribution in [0, 0.1) is 17.2 Å². The lowest BCUT2D eigenvalue weighted by Gasteiger charge is -1.84. The van der Waals surface area contributed by atoms with Gasteiger partial charge in [0.05, 0.1) is 12.5 Å². The number of nitrogens with zero attached hydrogens (tertiary/aromatic N) is 3. The second-order valence-electron chi connectivity index (χ2n) is 3.29. The Bertz CT molecular complexity index is 322. The minimum Gasteiger partial charge on any atom is -0.262 e. The van der Waals surface area contributed by atoms with E-state index in [1.54, 1.807) is 0 Å². The van der Waals surface area contributed by atoms with E-state index < -0.39 is 0 Å². The van der Waals surface area contributed by atoms with Gasteiger partial charge in [-0.15, -0.1) is 0 Å². The molecule has 1 aliphatic rings. The zero-order valence-corrected chi connectivity index (χ0v) is 6.91. The van der Waals surface area contributed by atoms with E-state index in [-0.39, 0.29) is 0 Å². The number of aromatic amines is 1. The zero-order chi connectivity index (χ0) is 8.55. The van der Waals surface area contributed by atoms with Gasteiger partial charge in [-0.2, -0.15) is 10.4 Å². The van der Waals surface area contributed by atoms with Crippen LogP contribution in [-0.2, 0) is 6.42 Å². The molecular weight excluding hydrogens is 152 g/mol. The molecule has 1 heterocycles. The Morgan fingerprint density at radius 1 is 1.75 bits per heavy atom. The second-order valence-corrected chi connectivity index (χ2v) is 3.29. The van der Waals surface area contributed by atoms with Crippen molar-refractivity contribution < 1.29 is 0 Å². The summed E-state index contributed by atoms with van der Waals surface area (Å²) < 4.78 is 0. The fourth-order valence-corrected chi connectivity index (χ4v) is 1.31. The first kappa shape index (κ1) is 7.29. The smallest absolute Gasteiger partial charge is 0.154 e. The highest BCUT2D eigenvalue weighted by Crippen LogP contribution is 2.45. The summed E-state index contributed by atoms with van der Waals surface area (Å²) in [5.74, 6) is 2.82. The minimum absolute atomic E-state index is 0.327. The Morgan fingerprint density at radius 2 is 2.50 bits per heavy atom. The molecule has 0 aromatic carbocycles. The molecule has 4 heteroatoms. The molecule has 0 spiro atoms. The summed E-state index contributed by atoms with van der Waals surface area (Å²) >= 11 is 0. The molecule has 0 amide bonds. The monoisotopic (exact) mass is 162 g/mol. The summed E-state index contributed by atoms with van der Waals surface area (Å²) in [5.41, 5.74) is 0. The average molecular weight is 162 g/mol. The Labute approximate surface area is 70.6 Å². The van der Waals surface area contributed by atoms with Crippen molar-refractivity contribution in [2.24, 2.45) is 5.92 Å². The number of rotatable bonds is 2. The van der Waals surface area contributed by atoms with Gasteiger partial charge in [0.15, 0.2) is 5.82 Å². The van der Waals surface area contributed by atoms with E-state index in [0.29, 0.717) is 18.2 Å². The molecule has 4 nitrogen and oxygen atoms in total. The molecule has 0 saturated heterocycles. The fraction of sp³-hybridized carbons (Fsp3) is 0.625. The second kappa shape index (κ2) is 2.59. The van der Waals surface area contributed by atoms with Crippen molar-refractivity contribution in [1.29, 1.82) is 5.26 Å². The number of hydrogen-bond donors (Lipinski definition) is 1.